The van der Waals surface area contributed by atoms with Crippen LogP contribution in [0.2, 0.25) is 0 Å². The molecular weight excluding hydrogens is 310 g/mol. The second-order valence-electron chi connectivity index (χ2n) is 7.74. The van der Waals surface area contributed by atoms with Gasteiger partial charge in [-0.3, -0.25) is 9.48 Å². The van der Waals surface area contributed by atoms with Gasteiger partial charge in [0.15, 0.2) is 0 Å². The summed E-state index contributed by atoms with van der Waals surface area (Å²) < 4.78 is 1.84. The SMILES string of the molecule is Cc1nn(CC(=O)N[C@@H]2[C@H]3CCC[C@@H]3[C@H]2c2ccccc2)c(C)c1C. The summed E-state index contributed by atoms with van der Waals surface area (Å²) in [7, 11) is 0. The quantitative estimate of drug-likeness (QED) is 0.928. The maximum Gasteiger partial charge on any atom is 0.241 e. The van der Waals surface area contributed by atoms with Gasteiger partial charge in [0.1, 0.15) is 6.54 Å². The maximum atomic E-state index is 12.7. The van der Waals surface area contributed by atoms with Crippen LogP contribution in [-0.2, 0) is 11.3 Å². The molecule has 132 valence electrons. The highest BCUT2D eigenvalue weighted by atomic mass is 16.2. The lowest BCUT2D eigenvalue weighted by molar-refractivity contribution is -0.124. The Bertz CT molecular complexity index is 780. The summed E-state index contributed by atoms with van der Waals surface area (Å²) in [6, 6.07) is 11.0. The Kier molecular flexibility index (Phi) is 4.14. The molecule has 0 bridgehead atoms. The molecule has 4 heteroatoms. The highest BCUT2D eigenvalue weighted by Gasteiger charge is 2.53. The number of nitrogens with zero attached hydrogens (tertiary/aromatic N) is 2. The summed E-state index contributed by atoms with van der Waals surface area (Å²) in [5.41, 5.74) is 4.64. The van der Waals surface area contributed by atoms with Crippen molar-refractivity contribution in [1.29, 1.82) is 0 Å². The van der Waals surface area contributed by atoms with Gasteiger partial charge in [0.05, 0.1) is 5.69 Å². The van der Waals surface area contributed by atoms with Gasteiger partial charge in [-0.1, -0.05) is 36.8 Å². The van der Waals surface area contributed by atoms with E-state index in [4.69, 9.17) is 0 Å². The van der Waals surface area contributed by atoms with Crippen molar-refractivity contribution >= 4 is 5.91 Å². The molecule has 2 aliphatic rings. The van der Waals surface area contributed by atoms with Crippen LogP contribution in [0.5, 0.6) is 0 Å². The van der Waals surface area contributed by atoms with Gasteiger partial charge in [0.25, 0.3) is 0 Å². The van der Waals surface area contributed by atoms with Crippen LogP contribution in [0, 0.1) is 32.6 Å². The molecule has 1 amide bonds. The lowest BCUT2D eigenvalue weighted by Gasteiger charge is -2.49. The molecule has 2 aromatic rings. The molecule has 4 atom stereocenters. The third kappa shape index (κ3) is 2.78. The predicted molar refractivity (Wildman–Crippen MR) is 98.4 cm³/mol. The number of carbonyl (C=O) groups is 1. The third-order valence-electron chi connectivity index (χ3n) is 6.48. The molecule has 2 fully saturated rings. The lowest BCUT2D eigenvalue weighted by atomic mass is 9.60. The van der Waals surface area contributed by atoms with Gasteiger partial charge in [0, 0.05) is 17.7 Å². The fraction of sp³-hybridized carbons (Fsp3) is 0.524. The first-order valence-corrected chi connectivity index (χ1v) is 9.41. The van der Waals surface area contributed by atoms with Crippen molar-refractivity contribution in [2.75, 3.05) is 0 Å². The first kappa shape index (κ1) is 16.4. The van der Waals surface area contributed by atoms with Crippen LogP contribution < -0.4 is 5.32 Å². The zero-order valence-electron chi connectivity index (χ0n) is 15.3. The zero-order valence-corrected chi connectivity index (χ0v) is 15.3. The summed E-state index contributed by atoms with van der Waals surface area (Å²) in [4.78, 5) is 12.7. The number of fused-ring (bicyclic) bond motifs is 1. The van der Waals surface area contributed by atoms with Crippen LogP contribution in [0.15, 0.2) is 30.3 Å². The standard InChI is InChI=1S/C21H27N3O/c1-13-14(2)23-24(15(13)3)12-19(25)22-21-18-11-7-10-17(18)20(21)16-8-5-4-6-9-16/h4-6,8-9,17-18,20-21H,7,10-12H2,1-3H3,(H,22,25)/t17-,18-,20+,21+/m0/s1. The largest absolute Gasteiger partial charge is 0.351 e. The zero-order chi connectivity index (χ0) is 17.6. The van der Waals surface area contributed by atoms with E-state index in [-0.39, 0.29) is 11.9 Å². The smallest absolute Gasteiger partial charge is 0.241 e. The van der Waals surface area contributed by atoms with Gasteiger partial charge < -0.3 is 5.32 Å². The number of amides is 1. The molecule has 0 spiro atoms. The first-order valence-electron chi connectivity index (χ1n) is 9.41. The summed E-state index contributed by atoms with van der Waals surface area (Å²) in [6.45, 7) is 6.41. The van der Waals surface area contributed by atoms with Crippen LogP contribution in [0.25, 0.3) is 0 Å². The average molecular weight is 337 g/mol. The second kappa shape index (κ2) is 6.32. The number of carbonyl (C=O) groups excluding carboxylic acids is 1. The molecule has 2 aliphatic carbocycles. The van der Waals surface area contributed by atoms with Gasteiger partial charge in [-0.25, -0.2) is 0 Å². The first-order chi connectivity index (χ1) is 12.1. The molecule has 0 aliphatic heterocycles. The molecule has 0 radical (unpaired) electrons. The van der Waals surface area contributed by atoms with Crippen molar-refractivity contribution in [3.8, 4) is 0 Å². The average Bonchev–Trinajstić information content (AvgIpc) is 3.11. The fourth-order valence-electron chi connectivity index (χ4n) is 4.93. The van der Waals surface area contributed by atoms with Crippen LogP contribution >= 0.6 is 0 Å². The van der Waals surface area contributed by atoms with Crippen LogP contribution in [0.1, 0.15) is 47.7 Å². The molecule has 25 heavy (non-hydrogen) atoms. The summed E-state index contributed by atoms with van der Waals surface area (Å²) >= 11 is 0. The van der Waals surface area contributed by atoms with Crippen molar-refractivity contribution < 1.29 is 4.79 Å². The molecule has 1 aromatic heterocycles. The predicted octanol–water partition coefficient (Wildman–Crippen LogP) is 3.51. The van der Waals surface area contributed by atoms with E-state index in [1.807, 2.05) is 18.5 Å². The van der Waals surface area contributed by atoms with E-state index in [9.17, 15) is 4.79 Å². The van der Waals surface area contributed by atoms with Crippen LogP contribution in [0.4, 0.5) is 0 Å². The molecule has 1 heterocycles. The van der Waals surface area contributed by atoms with Gasteiger partial charge in [-0.2, -0.15) is 5.10 Å². The second-order valence-corrected chi connectivity index (χ2v) is 7.74. The molecule has 2 saturated carbocycles. The topological polar surface area (TPSA) is 46.9 Å². The van der Waals surface area contributed by atoms with E-state index in [0.29, 0.717) is 18.4 Å². The lowest BCUT2D eigenvalue weighted by Crippen LogP contribution is -2.57. The molecule has 0 saturated heterocycles. The highest BCUT2D eigenvalue weighted by molar-refractivity contribution is 5.76. The summed E-state index contributed by atoms with van der Waals surface area (Å²) in [6.07, 6.45) is 3.84. The number of benzene rings is 1. The van der Waals surface area contributed by atoms with Gasteiger partial charge in [-0.05, 0) is 56.6 Å². The Hall–Kier alpha value is -2.10. The van der Waals surface area contributed by atoms with Crippen LogP contribution in [0.3, 0.4) is 0 Å². The number of nitrogens with one attached hydrogen (secondary N) is 1. The normalized spacial score (nSPS) is 27.6. The monoisotopic (exact) mass is 337 g/mol. The number of aromatic nitrogens is 2. The molecule has 1 aromatic carbocycles. The van der Waals surface area contributed by atoms with Crippen molar-refractivity contribution in [1.82, 2.24) is 15.1 Å². The Morgan fingerprint density at radius 1 is 1.16 bits per heavy atom. The van der Waals surface area contributed by atoms with Crippen molar-refractivity contribution in [3.63, 3.8) is 0 Å². The number of hydrogen-bond donors (Lipinski definition) is 1. The van der Waals surface area contributed by atoms with E-state index < -0.39 is 0 Å². The highest BCUT2D eigenvalue weighted by Crippen LogP contribution is 2.55. The molecular formula is C21H27N3O. The molecule has 0 unspecified atom stereocenters. The van der Waals surface area contributed by atoms with Crippen molar-refractivity contribution in [2.45, 2.75) is 58.5 Å². The summed E-state index contributed by atoms with van der Waals surface area (Å²) in [5, 5.41) is 7.84. The Balaban J connectivity index is 1.48. The minimum absolute atomic E-state index is 0.0851. The number of rotatable bonds is 4. The van der Waals surface area contributed by atoms with E-state index in [1.165, 1.54) is 30.4 Å². The van der Waals surface area contributed by atoms with E-state index in [1.54, 1.807) is 0 Å². The minimum Gasteiger partial charge on any atom is -0.351 e. The van der Waals surface area contributed by atoms with E-state index in [2.05, 4.69) is 47.7 Å². The van der Waals surface area contributed by atoms with Crippen molar-refractivity contribution in [2.24, 2.45) is 11.8 Å². The Labute approximate surface area is 149 Å². The number of hydrogen-bond acceptors (Lipinski definition) is 2. The molecule has 4 rings (SSSR count). The van der Waals surface area contributed by atoms with E-state index >= 15 is 0 Å². The van der Waals surface area contributed by atoms with Gasteiger partial charge in [-0.15, -0.1) is 0 Å². The van der Waals surface area contributed by atoms with Crippen molar-refractivity contribution in [3.05, 3.63) is 52.8 Å². The van der Waals surface area contributed by atoms with Gasteiger partial charge in [0.2, 0.25) is 5.91 Å². The Morgan fingerprint density at radius 3 is 2.56 bits per heavy atom. The summed E-state index contributed by atoms with van der Waals surface area (Å²) in [5.74, 6) is 1.95. The Morgan fingerprint density at radius 2 is 1.88 bits per heavy atom. The molecule has 1 N–H and O–H groups in total. The number of aryl methyl sites for hydroxylation is 1. The fourth-order valence-corrected chi connectivity index (χ4v) is 4.93. The van der Waals surface area contributed by atoms with Gasteiger partial charge >= 0.3 is 0 Å². The minimum atomic E-state index is 0.0851. The third-order valence-corrected chi connectivity index (χ3v) is 6.48. The van der Waals surface area contributed by atoms with Crippen LogP contribution in [-0.4, -0.2) is 21.7 Å². The van der Waals surface area contributed by atoms with E-state index in [0.717, 1.165) is 17.3 Å². The molecule has 4 nitrogen and oxygen atoms in total. The maximum absolute atomic E-state index is 12.7.